The van der Waals surface area contributed by atoms with Crippen molar-refractivity contribution in [2.45, 2.75) is 6.54 Å². The number of hydrogen-bond acceptors (Lipinski definition) is 5. The summed E-state index contributed by atoms with van der Waals surface area (Å²) in [7, 11) is 0. The van der Waals surface area contributed by atoms with Gasteiger partial charge in [0.25, 0.3) is 0 Å². The van der Waals surface area contributed by atoms with E-state index in [2.05, 4.69) is 47.8 Å². The molecule has 3 aromatic heterocycles. The lowest BCUT2D eigenvalue weighted by atomic mass is 10.2. The molecule has 0 N–H and O–H groups in total. The van der Waals surface area contributed by atoms with Crippen LogP contribution in [-0.4, -0.2) is 29.4 Å². The summed E-state index contributed by atoms with van der Waals surface area (Å²) in [6.07, 6.45) is 1.83. The van der Waals surface area contributed by atoms with Gasteiger partial charge in [-0.3, -0.25) is 0 Å². The van der Waals surface area contributed by atoms with Gasteiger partial charge in [0.1, 0.15) is 5.01 Å². The van der Waals surface area contributed by atoms with Gasteiger partial charge in [-0.2, -0.15) is 9.61 Å². The molecular weight excluding hydrogens is 400 g/mol. The Balaban J connectivity index is 1.56. The zero-order valence-electron chi connectivity index (χ0n) is 12.9. The summed E-state index contributed by atoms with van der Waals surface area (Å²) in [6, 6.07) is 16.1. The van der Waals surface area contributed by atoms with E-state index in [1.54, 1.807) is 0 Å². The molecule has 0 radical (unpaired) electrons. The monoisotopic (exact) mass is 410 g/mol. The lowest BCUT2D eigenvalue weighted by Crippen LogP contribution is -2.04. The molecule has 122 valence electrons. The SMILES string of the molecule is Brc1cccc(-c2nn3c(Cn4cnc5ccccc54)nnc3s2)c1. The molecule has 5 rings (SSSR count). The van der Waals surface area contributed by atoms with Gasteiger partial charge in [0.2, 0.25) is 4.96 Å². The van der Waals surface area contributed by atoms with Gasteiger partial charge in [0.15, 0.2) is 5.82 Å². The molecule has 0 aliphatic heterocycles. The van der Waals surface area contributed by atoms with Crippen LogP contribution in [-0.2, 0) is 6.54 Å². The maximum Gasteiger partial charge on any atom is 0.235 e. The highest BCUT2D eigenvalue weighted by Crippen LogP contribution is 2.27. The lowest BCUT2D eigenvalue weighted by molar-refractivity contribution is 0.726. The minimum Gasteiger partial charge on any atom is -0.323 e. The predicted octanol–water partition coefficient (Wildman–Crippen LogP) is 4.01. The van der Waals surface area contributed by atoms with Crippen LogP contribution in [0, 0.1) is 0 Å². The number of nitrogens with zero attached hydrogens (tertiary/aromatic N) is 6. The van der Waals surface area contributed by atoms with Crippen LogP contribution in [0.25, 0.3) is 26.6 Å². The Bertz CT molecular complexity index is 1200. The second-order valence-electron chi connectivity index (χ2n) is 5.59. The molecule has 8 heteroatoms. The van der Waals surface area contributed by atoms with Gasteiger partial charge in [0.05, 0.1) is 23.9 Å². The Morgan fingerprint density at radius 1 is 1.04 bits per heavy atom. The van der Waals surface area contributed by atoms with Crippen LogP contribution < -0.4 is 0 Å². The number of rotatable bonds is 3. The molecule has 0 aliphatic rings. The van der Waals surface area contributed by atoms with Crippen molar-refractivity contribution in [3.8, 4) is 10.6 Å². The molecule has 0 bridgehead atoms. The van der Waals surface area contributed by atoms with Gasteiger partial charge in [-0.15, -0.1) is 10.2 Å². The summed E-state index contributed by atoms with van der Waals surface area (Å²) >= 11 is 5.03. The van der Waals surface area contributed by atoms with Crippen LogP contribution in [0.15, 0.2) is 59.3 Å². The smallest absolute Gasteiger partial charge is 0.235 e. The molecule has 0 aliphatic carbocycles. The third-order valence-electron chi connectivity index (χ3n) is 3.97. The molecule has 0 atom stereocenters. The average Bonchev–Trinajstić information content (AvgIpc) is 3.31. The van der Waals surface area contributed by atoms with Crippen LogP contribution >= 0.6 is 27.3 Å². The Hall–Kier alpha value is -2.58. The number of para-hydroxylation sites is 2. The van der Waals surface area contributed by atoms with Crippen molar-refractivity contribution < 1.29 is 0 Å². The molecular formula is C17H11BrN6S. The van der Waals surface area contributed by atoms with Crippen LogP contribution in [0.3, 0.4) is 0 Å². The van der Waals surface area contributed by atoms with E-state index in [1.807, 2.05) is 47.2 Å². The zero-order chi connectivity index (χ0) is 16.8. The molecule has 0 amide bonds. The van der Waals surface area contributed by atoms with Crippen LogP contribution in [0.5, 0.6) is 0 Å². The van der Waals surface area contributed by atoms with E-state index in [0.29, 0.717) is 6.54 Å². The average molecular weight is 411 g/mol. The van der Waals surface area contributed by atoms with E-state index in [9.17, 15) is 0 Å². The summed E-state index contributed by atoms with van der Waals surface area (Å²) in [5, 5.41) is 14.2. The third-order valence-corrected chi connectivity index (χ3v) is 5.41. The minimum absolute atomic E-state index is 0.573. The Kier molecular flexibility index (Phi) is 3.39. The molecule has 0 saturated carbocycles. The topological polar surface area (TPSA) is 60.9 Å². The highest BCUT2D eigenvalue weighted by molar-refractivity contribution is 9.10. The van der Waals surface area contributed by atoms with E-state index in [4.69, 9.17) is 5.10 Å². The van der Waals surface area contributed by atoms with E-state index >= 15 is 0 Å². The lowest BCUT2D eigenvalue weighted by Gasteiger charge is -2.01. The highest BCUT2D eigenvalue weighted by atomic mass is 79.9. The Morgan fingerprint density at radius 3 is 2.88 bits per heavy atom. The third kappa shape index (κ3) is 2.54. The molecule has 0 spiro atoms. The van der Waals surface area contributed by atoms with Crippen molar-refractivity contribution >= 4 is 43.3 Å². The Labute approximate surface area is 154 Å². The highest BCUT2D eigenvalue weighted by Gasteiger charge is 2.14. The molecule has 6 nitrogen and oxygen atoms in total. The van der Waals surface area contributed by atoms with Crippen molar-refractivity contribution in [3.05, 3.63) is 65.2 Å². The molecule has 0 saturated heterocycles. The Morgan fingerprint density at radius 2 is 1.96 bits per heavy atom. The largest absolute Gasteiger partial charge is 0.323 e. The molecule has 3 heterocycles. The molecule has 0 fully saturated rings. The fourth-order valence-corrected chi connectivity index (χ4v) is 4.04. The first-order chi connectivity index (χ1) is 12.3. The number of imidazole rings is 1. The van der Waals surface area contributed by atoms with Gasteiger partial charge in [0, 0.05) is 10.0 Å². The van der Waals surface area contributed by atoms with E-state index in [1.165, 1.54) is 11.3 Å². The number of benzene rings is 2. The van der Waals surface area contributed by atoms with Crippen molar-refractivity contribution in [2.24, 2.45) is 0 Å². The number of halogens is 1. The second-order valence-corrected chi connectivity index (χ2v) is 7.46. The maximum atomic E-state index is 4.70. The molecule has 25 heavy (non-hydrogen) atoms. The fraction of sp³-hybridized carbons (Fsp3) is 0.0588. The quantitative estimate of drug-likeness (QED) is 0.450. The van der Waals surface area contributed by atoms with E-state index < -0.39 is 0 Å². The number of fused-ring (bicyclic) bond motifs is 2. The van der Waals surface area contributed by atoms with E-state index in [0.717, 1.165) is 36.9 Å². The van der Waals surface area contributed by atoms with Gasteiger partial charge >= 0.3 is 0 Å². The molecule has 5 aromatic rings. The molecule has 2 aromatic carbocycles. The summed E-state index contributed by atoms with van der Waals surface area (Å²) in [5.74, 6) is 0.788. The van der Waals surface area contributed by atoms with Gasteiger partial charge in [-0.05, 0) is 24.3 Å². The van der Waals surface area contributed by atoms with Gasteiger partial charge in [-0.1, -0.05) is 51.5 Å². The normalized spacial score (nSPS) is 11.6. The number of hydrogen-bond donors (Lipinski definition) is 0. The van der Waals surface area contributed by atoms with Crippen molar-refractivity contribution in [2.75, 3.05) is 0 Å². The van der Waals surface area contributed by atoms with Crippen LogP contribution in [0.4, 0.5) is 0 Å². The standard InChI is InChI=1S/C17H11BrN6S/c18-12-5-3-4-11(8-12)16-22-24-15(20-21-17(24)25-16)9-23-10-19-13-6-1-2-7-14(13)23/h1-8,10H,9H2. The predicted molar refractivity (Wildman–Crippen MR) is 101 cm³/mol. The van der Waals surface area contributed by atoms with Crippen molar-refractivity contribution in [3.63, 3.8) is 0 Å². The summed E-state index contributed by atoms with van der Waals surface area (Å²) in [5.41, 5.74) is 3.10. The first-order valence-electron chi connectivity index (χ1n) is 7.65. The number of aromatic nitrogens is 6. The molecule has 0 unspecified atom stereocenters. The van der Waals surface area contributed by atoms with Crippen molar-refractivity contribution in [1.82, 2.24) is 29.4 Å². The summed E-state index contributed by atoms with van der Waals surface area (Å²) in [6.45, 7) is 0.573. The zero-order valence-corrected chi connectivity index (χ0v) is 15.3. The van der Waals surface area contributed by atoms with Gasteiger partial charge in [-0.25, -0.2) is 4.98 Å². The fourth-order valence-electron chi connectivity index (χ4n) is 2.78. The second kappa shape index (κ2) is 5.75. The van der Waals surface area contributed by atoms with Crippen LogP contribution in [0.2, 0.25) is 0 Å². The first-order valence-corrected chi connectivity index (χ1v) is 9.26. The minimum atomic E-state index is 0.573. The summed E-state index contributed by atoms with van der Waals surface area (Å²) < 4.78 is 4.90. The first kappa shape index (κ1) is 14.7. The van der Waals surface area contributed by atoms with Gasteiger partial charge < -0.3 is 4.57 Å². The van der Waals surface area contributed by atoms with E-state index in [-0.39, 0.29) is 0 Å². The summed E-state index contributed by atoms with van der Waals surface area (Å²) in [4.78, 5) is 5.21. The van der Waals surface area contributed by atoms with Crippen molar-refractivity contribution in [1.29, 1.82) is 0 Å². The van der Waals surface area contributed by atoms with Crippen LogP contribution in [0.1, 0.15) is 5.82 Å². The maximum absolute atomic E-state index is 4.70.